The minimum absolute atomic E-state index is 0.114. The summed E-state index contributed by atoms with van der Waals surface area (Å²) in [5, 5.41) is 9.66. The van der Waals surface area contributed by atoms with Crippen molar-refractivity contribution in [3.05, 3.63) is 101 Å². The molecule has 0 saturated carbocycles. The number of benzene rings is 3. The summed E-state index contributed by atoms with van der Waals surface area (Å²) in [6.45, 7) is 2.32. The van der Waals surface area contributed by atoms with Gasteiger partial charge in [-0.1, -0.05) is 54.2 Å². The highest BCUT2D eigenvalue weighted by Crippen LogP contribution is 2.28. The third-order valence-electron chi connectivity index (χ3n) is 5.96. The van der Waals surface area contributed by atoms with E-state index in [0.29, 0.717) is 18.1 Å². The van der Waals surface area contributed by atoms with E-state index < -0.39 is 0 Å². The summed E-state index contributed by atoms with van der Waals surface area (Å²) in [4.78, 5) is 14.5. The molecule has 0 radical (unpaired) electrons. The Labute approximate surface area is 202 Å². The third-order valence-corrected chi connectivity index (χ3v) is 7.00. The SMILES string of the molecule is O=C(c1ccc(CSc2nnc(-c3ccc(F)cc3)n2Cc2ccccc2)cc1)N1CCCC1. The number of carbonyl (C=O) groups excluding carboxylic acids is 1. The summed E-state index contributed by atoms with van der Waals surface area (Å²) in [6, 6.07) is 24.3. The van der Waals surface area contributed by atoms with Crippen molar-refractivity contribution < 1.29 is 9.18 Å². The first-order valence-electron chi connectivity index (χ1n) is 11.4. The van der Waals surface area contributed by atoms with Crippen LogP contribution < -0.4 is 0 Å². The van der Waals surface area contributed by atoms with E-state index in [0.717, 1.165) is 53.3 Å². The van der Waals surface area contributed by atoms with Gasteiger partial charge in [-0.05, 0) is 60.4 Å². The topological polar surface area (TPSA) is 51.0 Å². The van der Waals surface area contributed by atoms with Gasteiger partial charge in [-0.15, -0.1) is 10.2 Å². The smallest absolute Gasteiger partial charge is 0.253 e. The van der Waals surface area contributed by atoms with E-state index >= 15 is 0 Å². The molecule has 1 aromatic heterocycles. The number of aromatic nitrogens is 3. The van der Waals surface area contributed by atoms with Gasteiger partial charge in [0.25, 0.3) is 5.91 Å². The van der Waals surface area contributed by atoms with Gasteiger partial charge in [0.05, 0.1) is 6.54 Å². The lowest BCUT2D eigenvalue weighted by Crippen LogP contribution is -2.27. The van der Waals surface area contributed by atoms with Crippen LogP contribution in [0.3, 0.4) is 0 Å². The number of thioether (sulfide) groups is 1. The van der Waals surface area contributed by atoms with Crippen molar-refractivity contribution in [2.75, 3.05) is 13.1 Å². The second-order valence-electron chi connectivity index (χ2n) is 8.37. The molecule has 4 aromatic rings. The van der Waals surface area contributed by atoms with E-state index in [9.17, 15) is 9.18 Å². The maximum atomic E-state index is 13.5. The van der Waals surface area contributed by atoms with Crippen molar-refractivity contribution in [3.8, 4) is 11.4 Å². The predicted octanol–water partition coefficient (Wildman–Crippen LogP) is 5.66. The Hall–Kier alpha value is -3.45. The van der Waals surface area contributed by atoms with Crippen LogP contribution >= 0.6 is 11.8 Å². The summed E-state index contributed by atoms with van der Waals surface area (Å²) in [6.07, 6.45) is 2.17. The molecule has 34 heavy (non-hydrogen) atoms. The Morgan fingerprint density at radius 3 is 2.26 bits per heavy atom. The molecular weight excluding hydrogens is 447 g/mol. The highest BCUT2D eigenvalue weighted by atomic mass is 32.2. The molecule has 1 aliphatic rings. The zero-order chi connectivity index (χ0) is 23.3. The lowest BCUT2D eigenvalue weighted by atomic mass is 10.1. The van der Waals surface area contributed by atoms with E-state index in [1.807, 2.05) is 47.4 Å². The average Bonchev–Trinajstić information content (AvgIpc) is 3.55. The summed E-state index contributed by atoms with van der Waals surface area (Å²) in [5.74, 6) is 1.24. The summed E-state index contributed by atoms with van der Waals surface area (Å²) < 4.78 is 15.5. The van der Waals surface area contributed by atoms with E-state index in [1.165, 1.54) is 12.1 Å². The molecule has 0 unspecified atom stereocenters. The van der Waals surface area contributed by atoms with Gasteiger partial charge in [0.2, 0.25) is 0 Å². The zero-order valence-corrected chi connectivity index (χ0v) is 19.5. The molecule has 1 amide bonds. The quantitative estimate of drug-likeness (QED) is 0.326. The van der Waals surface area contributed by atoms with Gasteiger partial charge in [0, 0.05) is 30.0 Å². The van der Waals surface area contributed by atoms with Crippen LogP contribution in [-0.2, 0) is 12.3 Å². The Kier molecular flexibility index (Phi) is 6.72. The summed E-state index contributed by atoms with van der Waals surface area (Å²) in [5.41, 5.74) is 3.81. The molecule has 0 aliphatic carbocycles. The van der Waals surface area contributed by atoms with Gasteiger partial charge < -0.3 is 4.90 Å². The number of halogens is 1. The van der Waals surface area contributed by atoms with Crippen LogP contribution in [0.5, 0.6) is 0 Å². The normalized spacial score (nSPS) is 13.4. The van der Waals surface area contributed by atoms with E-state index in [-0.39, 0.29) is 11.7 Å². The number of likely N-dealkylation sites (tertiary alicyclic amines) is 1. The number of amides is 1. The molecule has 5 nitrogen and oxygen atoms in total. The second kappa shape index (κ2) is 10.2. The molecule has 1 saturated heterocycles. The van der Waals surface area contributed by atoms with Crippen LogP contribution in [-0.4, -0.2) is 38.7 Å². The summed E-state index contributed by atoms with van der Waals surface area (Å²) >= 11 is 1.60. The van der Waals surface area contributed by atoms with E-state index in [1.54, 1.807) is 23.9 Å². The van der Waals surface area contributed by atoms with Crippen molar-refractivity contribution in [2.24, 2.45) is 0 Å². The molecule has 0 spiro atoms. The third kappa shape index (κ3) is 5.04. The molecule has 0 atom stereocenters. The molecule has 2 heterocycles. The van der Waals surface area contributed by atoms with Crippen LogP contribution in [0.4, 0.5) is 4.39 Å². The minimum atomic E-state index is -0.279. The molecule has 0 bridgehead atoms. The fourth-order valence-corrected chi connectivity index (χ4v) is 5.00. The van der Waals surface area contributed by atoms with Crippen LogP contribution in [0.25, 0.3) is 11.4 Å². The van der Waals surface area contributed by atoms with Gasteiger partial charge >= 0.3 is 0 Å². The zero-order valence-electron chi connectivity index (χ0n) is 18.7. The van der Waals surface area contributed by atoms with Crippen molar-refractivity contribution in [3.63, 3.8) is 0 Å². The first-order chi connectivity index (χ1) is 16.7. The fraction of sp³-hybridized carbons (Fsp3) is 0.222. The molecule has 172 valence electrons. The maximum Gasteiger partial charge on any atom is 0.253 e. The number of rotatable bonds is 7. The summed E-state index contributed by atoms with van der Waals surface area (Å²) in [7, 11) is 0. The number of carbonyl (C=O) groups is 1. The van der Waals surface area contributed by atoms with Gasteiger partial charge in [0.15, 0.2) is 11.0 Å². The molecule has 0 N–H and O–H groups in total. The molecule has 1 aliphatic heterocycles. The highest BCUT2D eigenvalue weighted by molar-refractivity contribution is 7.98. The highest BCUT2D eigenvalue weighted by Gasteiger charge is 2.19. The predicted molar refractivity (Wildman–Crippen MR) is 132 cm³/mol. The maximum absolute atomic E-state index is 13.5. The Bertz CT molecular complexity index is 1250. The van der Waals surface area contributed by atoms with Crippen LogP contribution in [0.15, 0.2) is 84.0 Å². The second-order valence-corrected chi connectivity index (χ2v) is 9.31. The van der Waals surface area contributed by atoms with Gasteiger partial charge in [-0.3, -0.25) is 9.36 Å². The van der Waals surface area contributed by atoms with Gasteiger partial charge in [0.1, 0.15) is 5.82 Å². The Balaban J connectivity index is 1.34. The Morgan fingerprint density at radius 1 is 0.853 bits per heavy atom. The first kappa shape index (κ1) is 22.3. The van der Waals surface area contributed by atoms with Gasteiger partial charge in [-0.25, -0.2) is 4.39 Å². The Morgan fingerprint density at radius 2 is 1.56 bits per heavy atom. The van der Waals surface area contributed by atoms with Crippen molar-refractivity contribution in [2.45, 2.75) is 30.3 Å². The number of hydrogen-bond acceptors (Lipinski definition) is 4. The van der Waals surface area contributed by atoms with Crippen molar-refractivity contribution in [1.82, 2.24) is 19.7 Å². The molecule has 1 fully saturated rings. The number of hydrogen-bond donors (Lipinski definition) is 0. The fourth-order valence-electron chi connectivity index (χ4n) is 4.11. The van der Waals surface area contributed by atoms with E-state index in [4.69, 9.17) is 0 Å². The lowest BCUT2D eigenvalue weighted by molar-refractivity contribution is 0.0793. The molecular formula is C27H25FN4OS. The van der Waals surface area contributed by atoms with Crippen molar-refractivity contribution >= 4 is 17.7 Å². The monoisotopic (exact) mass is 472 g/mol. The molecule has 5 rings (SSSR count). The van der Waals surface area contributed by atoms with E-state index in [2.05, 4.69) is 26.9 Å². The standard InChI is InChI=1S/C27H25FN4OS/c28-24-14-12-22(13-15-24)25-29-30-27(32(25)18-20-6-2-1-3-7-20)34-19-21-8-10-23(11-9-21)26(33)31-16-4-5-17-31/h1-3,6-15H,4-5,16-19H2. The van der Waals surface area contributed by atoms with Crippen LogP contribution in [0.1, 0.15) is 34.3 Å². The number of nitrogens with zero attached hydrogens (tertiary/aromatic N) is 4. The minimum Gasteiger partial charge on any atom is -0.339 e. The lowest BCUT2D eigenvalue weighted by Gasteiger charge is -2.15. The molecule has 3 aromatic carbocycles. The van der Waals surface area contributed by atoms with Crippen LogP contribution in [0.2, 0.25) is 0 Å². The van der Waals surface area contributed by atoms with Gasteiger partial charge in [-0.2, -0.15) is 0 Å². The largest absolute Gasteiger partial charge is 0.339 e. The van der Waals surface area contributed by atoms with Crippen molar-refractivity contribution in [1.29, 1.82) is 0 Å². The first-order valence-corrected chi connectivity index (χ1v) is 12.4. The van der Waals surface area contributed by atoms with Crippen LogP contribution in [0, 0.1) is 5.82 Å². The average molecular weight is 473 g/mol. The molecule has 7 heteroatoms.